The Bertz CT molecular complexity index is 493. The van der Waals surface area contributed by atoms with Crippen molar-refractivity contribution in [1.29, 1.82) is 0 Å². The lowest BCUT2D eigenvalue weighted by Gasteiger charge is -2.36. The van der Waals surface area contributed by atoms with Gasteiger partial charge in [0.15, 0.2) is 6.29 Å². The van der Waals surface area contributed by atoms with Crippen LogP contribution in [0.15, 0.2) is 35.3 Å². The molecule has 6 nitrogen and oxygen atoms in total. The summed E-state index contributed by atoms with van der Waals surface area (Å²) in [5.74, 6) is 0. The number of aliphatic imine (C=N–C) groups is 1. The minimum absolute atomic E-state index is 0.110. The molecule has 1 fully saturated rings. The maximum Gasteiger partial charge on any atom is 0.187 e. The molecule has 1 saturated heterocycles. The highest BCUT2D eigenvalue weighted by Crippen LogP contribution is 2.25. The highest BCUT2D eigenvalue weighted by molar-refractivity contribution is 7.78. The van der Waals surface area contributed by atoms with Crippen LogP contribution in [0.5, 0.6) is 0 Å². The van der Waals surface area contributed by atoms with Gasteiger partial charge in [0.2, 0.25) is 0 Å². The van der Waals surface area contributed by atoms with Crippen LogP contribution in [0, 0.1) is 0 Å². The van der Waals surface area contributed by atoms with Crippen molar-refractivity contribution in [3.05, 3.63) is 35.9 Å². The number of aliphatic hydroxyl groups excluding tert-OH is 3. The predicted octanol–water partition coefficient (Wildman–Crippen LogP) is 0.286. The van der Waals surface area contributed by atoms with Gasteiger partial charge in [0.25, 0.3) is 0 Å². The molecule has 0 bridgehead atoms. The predicted molar refractivity (Wildman–Crippen MR) is 77.9 cm³/mol. The number of isothiocyanates is 1. The summed E-state index contributed by atoms with van der Waals surface area (Å²) in [5, 5.41) is 31.3. The summed E-state index contributed by atoms with van der Waals surface area (Å²) in [6.07, 6.45) is -5.32. The molecule has 21 heavy (non-hydrogen) atoms. The van der Waals surface area contributed by atoms with Crippen molar-refractivity contribution in [3.63, 3.8) is 0 Å². The Hall–Kier alpha value is -1.18. The Kier molecular flexibility index (Phi) is 5.96. The second kappa shape index (κ2) is 7.72. The van der Waals surface area contributed by atoms with E-state index in [1.54, 1.807) is 0 Å². The molecule has 1 aliphatic rings. The standard InChI is InChI=1S/C14H17NO5S/c16-10-7-19-14(13(18)12(10)17)20-11(6-15-8-21)9-4-2-1-3-5-9/h1-5,10-14,16-18H,6-7H2/t10-,11?,12-,13+,14+/m0/s1. The zero-order valence-corrected chi connectivity index (χ0v) is 12.0. The molecule has 1 aromatic carbocycles. The van der Waals surface area contributed by atoms with Crippen LogP contribution in [0.25, 0.3) is 0 Å². The molecule has 0 saturated carbocycles. The number of ether oxygens (including phenoxy) is 2. The molecule has 0 aromatic heterocycles. The highest BCUT2D eigenvalue weighted by Gasteiger charge is 2.39. The van der Waals surface area contributed by atoms with Crippen molar-refractivity contribution in [1.82, 2.24) is 0 Å². The van der Waals surface area contributed by atoms with Crippen molar-refractivity contribution >= 4 is 17.4 Å². The van der Waals surface area contributed by atoms with Crippen LogP contribution < -0.4 is 0 Å². The molecule has 1 aromatic rings. The quantitative estimate of drug-likeness (QED) is 0.535. The van der Waals surface area contributed by atoms with Crippen LogP contribution in [-0.4, -0.2) is 58.2 Å². The monoisotopic (exact) mass is 311 g/mol. The van der Waals surface area contributed by atoms with E-state index < -0.39 is 30.7 Å². The average Bonchev–Trinajstić information content (AvgIpc) is 2.52. The molecular weight excluding hydrogens is 294 g/mol. The van der Waals surface area contributed by atoms with Gasteiger partial charge in [0, 0.05) is 0 Å². The van der Waals surface area contributed by atoms with Crippen molar-refractivity contribution in [2.45, 2.75) is 30.7 Å². The Morgan fingerprint density at radius 1 is 1.29 bits per heavy atom. The van der Waals surface area contributed by atoms with E-state index in [0.717, 1.165) is 5.56 Å². The summed E-state index contributed by atoms with van der Waals surface area (Å²) in [6, 6.07) is 9.27. The van der Waals surface area contributed by atoms with Crippen molar-refractivity contribution in [3.8, 4) is 0 Å². The Morgan fingerprint density at radius 2 is 2.00 bits per heavy atom. The number of hydrogen-bond donors (Lipinski definition) is 3. The fraction of sp³-hybridized carbons (Fsp3) is 0.500. The first kappa shape index (κ1) is 16.2. The maximum atomic E-state index is 9.90. The smallest absolute Gasteiger partial charge is 0.187 e. The van der Waals surface area contributed by atoms with Gasteiger partial charge in [-0.25, -0.2) is 4.99 Å². The van der Waals surface area contributed by atoms with Crippen molar-refractivity contribution in [2.75, 3.05) is 13.2 Å². The molecule has 3 N–H and O–H groups in total. The second-order valence-electron chi connectivity index (χ2n) is 4.72. The summed E-state index contributed by atoms with van der Waals surface area (Å²) >= 11 is 4.56. The average molecular weight is 311 g/mol. The molecular formula is C14H17NO5S. The van der Waals surface area contributed by atoms with E-state index in [-0.39, 0.29) is 13.2 Å². The zero-order chi connectivity index (χ0) is 15.2. The molecule has 0 amide bonds. The van der Waals surface area contributed by atoms with Gasteiger partial charge in [-0.1, -0.05) is 30.3 Å². The van der Waals surface area contributed by atoms with Gasteiger partial charge in [0.1, 0.15) is 24.4 Å². The highest BCUT2D eigenvalue weighted by atomic mass is 32.1. The van der Waals surface area contributed by atoms with Gasteiger partial charge >= 0.3 is 0 Å². The normalized spacial score (nSPS) is 30.4. The van der Waals surface area contributed by atoms with Crippen LogP contribution in [0.4, 0.5) is 0 Å². The lowest BCUT2D eigenvalue weighted by molar-refractivity contribution is -0.282. The summed E-state index contributed by atoms with van der Waals surface area (Å²) < 4.78 is 10.9. The summed E-state index contributed by atoms with van der Waals surface area (Å²) in [4.78, 5) is 3.86. The summed E-state index contributed by atoms with van der Waals surface area (Å²) in [5.41, 5.74) is 0.836. The molecule has 1 unspecified atom stereocenters. The van der Waals surface area contributed by atoms with E-state index in [1.165, 1.54) is 0 Å². The van der Waals surface area contributed by atoms with Crippen LogP contribution in [0.1, 0.15) is 11.7 Å². The fourth-order valence-electron chi connectivity index (χ4n) is 2.08. The Balaban J connectivity index is 2.10. The van der Waals surface area contributed by atoms with Crippen LogP contribution in [-0.2, 0) is 9.47 Å². The summed E-state index contributed by atoms with van der Waals surface area (Å²) in [6.45, 7) is 0.111. The number of rotatable bonds is 5. The summed E-state index contributed by atoms with van der Waals surface area (Å²) in [7, 11) is 0. The van der Waals surface area contributed by atoms with E-state index in [9.17, 15) is 15.3 Å². The van der Waals surface area contributed by atoms with E-state index in [2.05, 4.69) is 22.4 Å². The third kappa shape index (κ3) is 4.15. The molecule has 1 heterocycles. The van der Waals surface area contributed by atoms with Gasteiger partial charge in [-0.05, 0) is 17.8 Å². The van der Waals surface area contributed by atoms with E-state index in [1.807, 2.05) is 30.3 Å². The number of benzene rings is 1. The number of thiocarbonyl (C=S) groups is 1. The van der Waals surface area contributed by atoms with Gasteiger partial charge in [-0.2, -0.15) is 0 Å². The number of aliphatic hydroxyl groups is 3. The van der Waals surface area contributed by atoms with Gasteiger partial charge in [-0.15, -0.1) is 0 Å². The topological polar surface area (TPSA) is 91.5 Å². The number of hydrogen-bond acceptors (Lipinski definition) is 7. The van der Waals surface area contributed by atoms with E-state index in [4.69, 9.17) is 9.47 Å². The molecule has 0 radical (unpaired) electrons. The van der Waals surface area contributed by atoms with Crippen LogP contribution in [0.3, 0.4) is 0 Å². The number of nitrogens with zero attached hydrogens (tertiary/aromatic N) is 1. The first-order chi connectivity index (χ1) is 10.1. The molecule has 0 spiro atoms. The molecule has 7 heteroatoms. The third-order valence-corrected chi connectivity index (χ3v) is 3.37. The van der Waals surface area contributed by atoms with E-state index in [0.29, 0.717) is 0 Å². The Labute approximate surface area is 127 Å². The van der Waals surface area contributed by atoms with Crippen molar-refractivity contribution < 1.29 is 24.8 Å². The molecule has 114 valence electrons. The maximum absolute atomic E-state index is 9.90. The minimum Gasteiger partial charge on any atom is -0.388 e. The first-order valence-electron chi connectivity index (χ1n) is 6.53. The lowest BCUT2D eigenvalue weighted by atomic mass is 10.0. The second-order valence-corrected chi connectivity index (χ2v) is 4.90. The van der Waals surface area contributed by atoms with Crippen molar-refractivity contribution in [2.24, 2.45) is 4.99 Å². The lowest BCUT2D eigenvalue weighted by Crippen LogP contribution is -2.54. The molecule has 5 atom stereocenters. The van der Waals surface area contributed by atoms with E-state index >= 15 is 0 Å². The van der Waals surface area contributed by atoms with Crippen LogP contribution >= 0.6 is 12.2 Å². The zero-order valence-electron chi connectivity index (χ0n) is 11.2. The van der Waals surface area contributed by atoms with Gasteiger partial charge in [-0.3, -0.25) is 0 Å². The third-order valence-electron chi connectivity index (χ3n) is 3.25. The van der Waals surface area contributed by atoms with Gasteiger partial charge in [0.05, 0.1) is 18.3 Å². The van der Waals surface area contributed by atoms with Crippen LogP contribution in [0.2, 0.25) is 0 Å². The Morgan fingerprint density at radius 3 is 2.67 bits per heavy atom. The van der Waals surface area contributed by atoms with Gasteiger partial charge < -0.3 is 24.8 Å². The largest absolute Gasteiger partial charge is 0.388 e. The minimum atomic E-state index is -1.34. The SMILES string of the molecule is O[C@@H]1[C@@H](O)[C@@H](OC(CN=C=S)c2ccccc2)OC[C@@H]1O. The molecule has 0 aliphatic carbocycles. The fourth-order valence-corrected chi connectivity index (χ4v) is 2.15. The molecule has 1 aliphatic heterocycles. The first-order valence-corrected chi connectivity index (χ1v) is 6.94. The molecule has 2 rings (SSSR count).